The van der Waals surface area contributed by atoms with Crippen LogP contribution >= 0.6 is 11.8 Å². The minimum Gasteiger partial charge on any atom is -0.255 e. The molecule has 0 N–H and O–H groups in total. The van der Waals surface area contributed by atoms with E-state index in [0.717, 1.165) is 11.3 Å². The first-order chi connectivity index (χ1) is 6.99. The molecule has 0 saturated carbocycles. The van der Waals surface area contributed by atoms with Gasteiger partial charge in [-0.05, 0) is 25.3 Å². The Labute approximate surface area is 93.3 Å². The van der Waals surface area contributed by atoms with Crippen LogP contribution < -0.4 is 0 Å². The zero-order chi connectivity index (χ0) is 10.8. The minimum absolute atomic E-state index is 0.0322. The van der Waals surface area contributed by atoms with Gasteiger partial charge in [0, 0.05) is 17.2 Å². The standard InChI is InChI=1S/C10H11NO2S2/c1-6-9-5-8-3-4-14-10(8,11-6)15(12,13)7(9)2/h3-5,7,9H,1-2H3/t7-,9?,10?/m1/s1. The van der Waals surface area contributed by atoms with Crippen molar-refractivity contribution in [1.82, 2.24) is 0 Å². The maximum Gasteiger partial charge on any atom is 0.236 e. The molecule has 0 amide bonds. The Bertz CT molecular complexity index is 530. The van der Waals surface area contributed by atoms with E-state index in [0.29, 0.717) is 0 Å². The maximum atomic E-state index is 12.3. The highest BCUT2D eigenvalue weighted by atomic mass is 32.3. The van der Waals surface area contributed by atoms with E-state index >= 15 is 0 Å². The SMILES string of the molecule is CC1=NC23SC=CC2=CC1[C@@H](C)S3(=O)=O. The summed E-state index contributed by atoms with van der Waals surface area (Å²) in [5.74, 6) is -0.0322. The fraction of sp³-hybridized carbons (Fsp3) is 0.500. The molecule has 3 atom stereocenters. The summed E-state index contributed by atoms with van der Waals surface area (Å²) in [5, 5.41) is 1.49. The lowest BCUT2D eigenvalue weighted by molar-refractivity contribution is 0.546. The number of hydrogen-bond donors (Lipinski definition) is 0. The number of nitrogens with zero attached hydrogens (tertiary/aromatic N) is 1. The first-order valence-electron chi connectivity index (χ1n) is 4.85. The van der Waals surface area contributed by atoms with E-state index in [1.165, 1.54) is 11.8 Å². The van der Waals surface area contributed by atoms with Gasteiger partial charge in [-0.1, -0.05) is 17.8 Å². The van der Waals surface area contributed by atoms with Crippen LogP contribution in [0, 0.1) is 5.92 Å². The third-order valence-corrected chi connectivity index (χ3v) is 7.66. The molecule has 3 nitrogen and oxygen atoms in total. The molecule has 4 heterocycles. The highest BCUT2D eigenvalue weighted by molar-refractivity contribution is 8.17. The predicted molar refractivity (Wildman–Crippen MR) is 62.5 cm³/mol. The Balaban J connectivity index is 2.36. The highest BCUT2D eigenvalue weighted by Gasteiger charge is 2.59. The van der Waals surface area contributed by atoms with E-state index in [4.69, 9.17) is 0 Å². The molecule has 4 aliphatic rings. The van der Waals surface area contributed by atoms with Gasteiger partial charge in [0.15, 0.2) is 9.84 Å². The fourth-order valence-corrected chi connectivity index (χ4v) is 6.39. The van der Waals surface area contributed by atoms with Gasteiger partial charge in [0.25, 0.3) is 0 Å². The van der Waals surface area contributed by atoms with Gasteiger partial charge in [-0.3, -0.25) is 4.99 Å². The van der Waals surface area contributed by atoms with Crippen LogP contribution in [0.1, 0.15) is 13.8 Å². The number of sulfone groups is 1. The van der Waals surface area contributed by atoms with Gasteiger partial charge in [-0.15, -0.1) is 0 Å². The molecule has 0 saturated heterocycles. The zero-order valence-corrected chi connectivity index (χ0v) is 10.1. The van der Waals surface area contributed by atoms with Crippen molar-refractivity contribution in [2.75, 3.05) is 0 Å². The average molecular weight is 241 g/mol. The molecule has 4 rings (SSSR count). The summed E-state index contributed by atoms with van der Waals surface area (Å²) in [7, 11) is -3.19. The number of thioether (sulfide) groups is 1. The molecule has 0 fully saturated rings. The molecule has 0 aliphatic carbocycles. The third kappa shape index (κ3) is 0.892. The van der Waals surface area contributed by atoms with Crippen molar-refractivity contribution < 1.29 is 8.42 Å². The maximum absolute atomic E-state index is 12.3. The first-order valence-corrected chi connectivity index (χ1v) is 7.28. The van der Waals surface area contributed by atoms with Crippen LogP contribution in [0.15, 0.2) is 28.1 Å². The van der Waals surface area contributed by atoms with Crippen molar-refractivity contribution >= 4 is 27.3 Å². The van der Waals surface area contributed by atoms with Gasteiger partial charge in [-0.25, -0.2) is 8.42 Å². The molecule has 80 valence electrons. The first kappa shape index (κ1) is 9.66. The van der Waals surface area contributed by atoms with Gasteiger partial charge < -0.3 is 0 Å². The third-order valence-electron chi connectivity index (χ3n) is 3.39. The van der Waals surface area contributed by atoms with Crippen molar-refractivity contribution in [3.05, 3.63) is 23.1 Å². The van der Waals surface area contributed by atoms with Gasteiger partial charge >= 0.3 is 0 Å². The van der Waals surface area contributed by atoms with E-state index in [-0.39, 0.29) is 11.2 Å². The van der Waals surface area contributed by atoms with E-state index in [9.17, 15) is 8.42 Å². The van der Waals surface area contributed by atoms with Crippen molar-refractivity contribution in [3.8, 4) is 0 Å². The molecule has 15 heavy (non-hydrogen) atoms. The summed E-state index contributed by atoms with van der Waals surface area (Å²) in [4.78, 5) is 4.41. The minimum atomic E-state index is -3.19. The van der Waals surface area contributed by atoms with Crippen LogP contribution in [0.5, 0.6) is 0 Å². The Hall–Kier alpha value is -0.550. The smallest absolute Gasteiger partial charge is 0.236 e. The van der Waals surface area contributed by atoms with Crippen molar-refractivity contribution in [2.45, 2.75) is 23.3 Å². The Morgan fingerprint density at radius 3 is 3.00 bits per heavy atom. The lowest BCUT2D eigenvalue weighted by Gasteiger charge is -2.42. The summed E-state index contributed by atoms with van der Waals surface area (Å²) in [6.07, 6.45) is 3.93. The van der Waals surface area contributed by atoms with Gasteiger partial charge in [0.05, 0.1) is 5.25 Å². The lowest BCUT2D eigenvalue weighted by atomic mass is 9.94. The van der Waals surface area contributed by atoms with Crippen LogP contribution in [0.25, 0.3) is 0 Å². The highest BCUT2D eigenvalue weighted by Crippen LogP contribution is 2.55. The molecular formula is C10H11NO2S2. The van der Waals surface area contributed by atoms with E-state index in [1.807, 2.05) is 18.4 Å². The second-order valence-corrected chi connectivity index (χ2v) is 7.94. The summed E-state index contributed by atoms with van der Waals surface area (Å²) in [6.45, 7) is 3.70. The van der Waals surface area contributed by atoms with Crippen LogP contribution in [0.3, 0.4) is 0 Å². The van der Waals surface area contributed by atoms with E-state index in [1.54, 1.807) is 6.92 Å². The topological polar surface area (TPSA) is 46.5 Å². The van der Waals surface area contributed by atoms with Crippen molar-refractivity contribution in [3.63, 3.8) is 0 Å². The average Bonchev–Trinajstić information content (AvgIpc) is 2.57. The number of dihydropyridines is 1. The van der Waals surface area contributed by atoms with Crippen molar-refractivity contribution in [1.29, 1.82) is 0 Å². The summed E-state index contributed by atoms with van der Waals surface area (Å²) >= 11 is 1.30. The second-order valence-electron chi connectivity index (χ2n) is 4.15. The normalized spacial score (nSPS) is 44.9. The number of aliphatic imine (C=N–C) groups is 1. The molecule has 2 bridgehead atoms. The van der Waals surface area contributed by atoms with Crippen molar-refractivity contribution in [2.24, 2.45) is 10.9 Å². The number of hydrogen-bond acceptors (Lipinski definition) is 4. The fourth-order valence-electron chi connectivity index (χ4n) is 2.46. The second kappa shape index (κ2) is 2.58. The van der Waals surface area contributed by atoms with Crippen LogP contribution in [0.2, 0.25) is 0 Å². The van der Waals surface area contributed by atoms with Gasteiger partial charge in [0.2, 0.25) is 4.20 Å². The quantitative estimate of drug-likeness (QED) is 0.649. The predicted octanol–water partition coefficient (Wildman–Crippen LogP) is 1.73. The molecule has 4 aliphatic heterocycles. The van der Waals surface area contributed by atoms with Crippen LogP contribution in [-0.2, 0) is 9.84 Å². The molecule has 2 unspecified atom stereocenters. The van der Waals surface area contributed by atoms with Crippen LogP contribution in [-0.4, -0.2) is 23.6 Å². The number of allylic oxidation sites excluding steroid dienone is 1. The molecule has 0 aromatic heterocycles. The molecule has 0 radical (unpaired) electrons. The number of rotatable bonds is 0. The summed E-state index contributed by atoms with van der Waals surface area (Å²) in [5.41, 5.74) is 1.79. The molecular weight excluding hydrogens is 230 g/mol. The van der Waals surface area contributed by atoms with Gasteiger partial charge in [0.1, 0.15) is 0 Å². The Morgan fingerprint density at radius 1 is 1.53 bits per heavy atom. The monoisotopic (exact) mass is 241 g/mol. The van der Waals surface area contributed by atoms with E-state index < -0.39 is 14.0 Å². The molecule has 5 heteroatoms. The van der Waals surface area contributed by atoms with Gasteiger partial charge in [-0.2, -0.15) is 0 Å². The number of fused-ring (bicyclic) bond motifs is 1. The van der Waals surface area contributed by atoms with E-state index in [2.05, 4.69) is 11.1 Å². The summed E-state index contributed by atoms with van der Waals surface area (Å²) in [6, 6.07) is 0. The summed E-state index contributed by atoms with van der Waals surface area (Å²) < 4.78 is 23.6. The van der Waals surface area contributed by atoms with Crippen LogP contribution in [0.4, 0.5) is 0 Å². The molecule has 0 aromatic rings. The Kier molecular flexibility index (Phi) is 1.66. The lowest BCUT2D eigenvalue weighted by Crippen LogP contribution is -2.52. The largest absolute Gasteiger partial charge is 0.255 e. The zero-order valence-electron chi connectivity index (χ0n) is 8.47. The molecule has 1 spiro atoms. The molecule has 0 aromatic carbocycles. The Morgan fingerprint density at radius 2 is 2.27 bits per heavy atom.